The first-order chi connectivity index (χ1) is 12.6. The molecule has 2 aromatic carbocycles. The monoisotopic (exact) mass is 370 g/mol. The van der Waals surface area contributed by atoms with Crippen molar-refractivity contribution < 1.29 is 4.39 Å². The highest BCUT2D eigenvalue weighted by atomic mass is 35.5. The van der Waals surface area contributed by atoms with E-state index in [2.05, 4.69) is 21.7 Å². The summed E-state index contributed by atoms with van der Waals surface area (Å²) in [6.45, 7) is 0.985. The van der Waals surface area contributed by atoms with Crippen LogP contribution in [0.25, 0.3) is 0 Å². The summed E-state index contributed by atoms with van der Waals surface area (Å²) in [4.78, 5) is 4.20. The molecule has 0 amide bonds. The van der Waals surface area contributed by atoms with E-state index in [1.807, 2.05) is 24.3 Å². The van der Waals surface area contributed by atoms with Gasteiger partial charge in [0.2, 0.25) is 0 Å². The minimum absolute atomic E-state index is 0.0779. The van der Waals surface area contributed by atoms with E-state index in [0.29, 0.717) is 17.1 Å². The van der Waals surface area contributed by atoms with E-state index in [9.17, 15) is 4.39 Å². The van der Waals surface area contributed by atoms with E-state index in [4.69, 9.17) is 16.9 Å². The zero-order chi connectivity index (χ0) is 18.6. The van der Waals surface area contributed by atoms with Crippen LogP contribution >= 0.6 is 11.6 Å². The molecule has 134 valence electrons. The van der Waals surface area contributed by atoms with Crippen molar-refractivity contribution in [3.8, 4) is 6.07 Å². The zero-order valence-corrected chi connectivity index (χ0v) is 15.3. The average Bonchev–Trinajstić information content (AvgIpc) is 3.44. The summed E-state index contributed by atoms with van der Waals surface area (Å²) in [6.07, 6.45) is 2.19. The van der Waals surface area contributed by atoms with Crippen LogP contribution in [0.1, 0.15) is 29.5 Å². The van der Waals surface area contributed by atoms with Gasteiger partial charge >= 0.3 is 0 Å². The molecule has 2 N–H and O–H groups in total. The summed E-state index contributed by atoms with van der Waals surface area (Å²) in [6, 6.07) is 14.3. The molecule has 1 aliphatic rings. The molecular weight excluding hydrogens is 351 g/mol. The van der Waals surface area contributed by atoms with Gasteiger partial charge in [-0.15, -0.1) is 0 Å². The fourth-order valence-electron chi connectivity index (χ4n) is 2.97. The molecule has 3 rings (SSSR count). The molecule has 26 heavy (non-hydrogen) atoms. The lowest BCUT2D eigenvalue weighted by molar-refractivity contribution is 0.601. The van der Waals surface area contributed by atoms with Gasteiger partial charge in [0.15, 0.2) is 5.96 Å². The topological polar surface area (TPSA) is 60.2 Å². The summed E-state index contributed by atoms with van der Waals surface area (Å²) in [5.41, 5.74) is 2.17. The van der Waals surface area contributed by atoms with E-state index in [0.717, 1.165) is 24.4 Å². The van der Waals surface area contributed by atoms with E-state index < -0.39 is 0 Å². The number of rotatable bonds is 5. The lowest BCUT2D eigenvalue weighted by Crippen LogP contribution is -2.41. The van der Waals surface area contributed by atoms with Crippen molar-refractivity contribution in [3.63, 3.8) is 0 Å². The Morgan fingerprint density at radius 3 is 2.73 bits per heavy atom. The number of aliphatic imine (C=N–C) groups is 1. The van der Waals surface area contributed by atoms with Gasteiger partial charge in [-0.2, -0.15) is 5.26 Å². The van der Waals surface area contributed by atoms with Crippen molar-refractivity contribution in [2.24, 2.45) is 4.99 Å². The zero-order valence-electron chi connectivity index (χ0n) is 14.5. The molecule has 0 saturated heterocycles. The fraction of sp³-hybridized carbons (Fsp3) is 0.300. The molecule has 0 heterocycles. The second kappa shape index (κ2) is 7.76. The van der Waals surface area contributed by atoms with Crippen LogP contribution in [0.15, 0.2) is 47.5 Å². The lowest BCUT2D eigenvalue weighted by Gasteiger charge is -2.19. The van der Waals surface area contributed by atoms with Crippen LogP contribution in [-0.4, -0.2) is 19.6 Å². The maximum Gasteiger partial charge on any atom is 0.191 e. The van der Waals surface area contributed by atoms with Gasteiger partial charge in [-0.3, -0.25) is 4.99 Å². The maximum absolute atomic E-state index is 13.9. The van der Waals surface area contributed by atoms with Gasteiger partial charge < -0.3 is 10.6 Å². The molecule has 1 fully saturated rings. The highest BCUT2D eigenvalue weighted by molar-refractivity contribution is 6.30. The van der Waals surface area contributed by atoms with Gasteiger partial charge in [0.25, 0.3) is 0 Å². The third-order valence-electron chi connectivity index (χ3n) is 4.73. The van der Waals surface area contributed by atoms with Crippen LogP contribution in [-0.2, 0) is 12.0 Å². The molecule has 0 unspecified atom stereocenters. The molecule has 2 aromatic rings. The number of guanidine groups is 1. The Kier molecular flexibility index (Phi) is 5.43. The van der Waals surface area contributed by atoms with Crippen LogP contribution in [0, 0.1) is 17.1 Å². The van der Waals surface area contributed by atoms with Crippen LogP contribution in [0.4, 0.5) is 4.39 Å². The third kappa shape index (κ3) is 4.14. The third-order valence-corrected chi connectivity index (χ3v) is 4.96. The van der Waals surface area contributed by atoms with Crippen LogP contribution in [0.2, 0.25) is 5.02 Å². The van der Waals surface area contributed by atoms with Crippen LogP contribution < -0.4 is 10.6 Å². The minimum atomic E-state index is -0.343. The second-order valence-corrected chi connectivity index (χ2v) is 6.92. The molecule has 0 aromatic heterocycles. The Labute approximate surface area is 157 Å². The number of nitrogens with one attached hydrogen (secondary N) is 2. The van der Waals surface area contributed by atoms with E-state index >= 15 is 0 Å². The first-order valence-electron chi connectivity index (χ1n) is 8.45. The Morgan fingerprint density at radius 1 is 1.27 bits per heavy atom. The molecule has 0 radical (unpaired) electrons. The second-order valence-electron chi connectivity index (χ2n) is 6.49. The van der Waals surface area contributed by atoms with Crippen molar-refractivity contribution in [1.29, 1.82) is 5.26 Å². The maximum atomic E-state index is 13.9. The molecule has 1 aliphatic carbocycles. The number of nitrogens with zero attached hydrogens (tertiary/aromatic N) is 2. The van der Waals surface area contributed by atoms with Crippen molar-refractivity contribution >= 4 is 17.6 Å². The number of nitriles is 1. The summed E-state index contributed by atoms with van der Waals surface area (Å²) in [7, 11) is 1.68. The molecule has 1 saturated carbocycles. The predicted octanol–water partition coefficient (Wildman–Crippen LogP) is 3.75. The average molecular weight is 371 g/mol. The predicted molar refractivity (Wildman–Crippen MR) is 102 cm³/mol. The highest BCUT2D eigenvalue weighted by Gasteiger charge is 2.44. The van der Waals surface area contributed by atoms with Crippen molar-refractivity contribution in [1.82, 2.24) is 10.6 Å². The van der Waals surface area contributed by atoms with Crippen LogP contribution in [0.5, 0.6) is 0 Å². The Hall–Kier alpha value is -2.58. The fourth-order valence-corrected chi connectivity index (χ4v) is 3.16. The SMILES string of the molecule is CN=C(NCc1cc(C#N)ccc1F)NCC1(c2cccc(Cl)c2)CC1. The van der Waals surface area contributed by atoms with E-state index in [1.165, 1.54) is 17.7 Å². The molecular formula is C20H20ClFN4. The summed E-state index contributed by atoms with van der Waals surface area (Å²) in [5, 5.41) is 16.1. The van der Waals surface area contributed by atoms with Crippen molar-refractivity contribution in [2.75, 3.05) is 13.6 Å². The minimum Gasteiger partial charge on any atom is -0.356 e. The first kappa shape index (κ1) is 18.2. The van der Waals surface area contributed by atoms with Crippen molar-refractivity contribution in [2.45, 2.75) is 24.8 Å². The Bertz CT molecular complexity index is 868. The van der Waals surface area contributed by atoms with Gasteiger partial charge in [0, 0.05) is 36.1 Å². The van der Waals surface area contributed by atoms with Gasteiger partial charge in [-0.1, -0.05) is 23.7 Å². The van der Waals surface area contributed by atoms with Gasteiger partial charge in [-0.05, 0) is 48.7 Å². The number of benzene rings is 2. The smallest absolute Gasteiger partial charge is 0.191 e. The number of hydrogen-bond donors (Lipinski definition) is 2. The lowest BCUT2D eigenvalue weighted by atomic mass is 9.96. The van der Waals surface area contributed by atoms with E-state index in [-0.39, 0.29) is 17.8 Å². The van der Waals surface area contributed by atoms with E-state index in [1.54, 1.807) is 13.1 Å². The van der Waals surface area contributed by atoms with Crippen LogP contribution in [0.3, 0.4) is 0 Å². The molecule has 0 bridgehead atoms. The van der Waals surface area contributed by atoms with Crippen molar-refractivity contribution in [3.05, 3.63) is 70.0 Å². The molecule has 6 heteroatoms. The molecule has 4 nitrogen and oxygen atoms in total. The molecule has 0 atom stereocenters. The largest absolute Gasteiger partial charge is 0.356 e. The standard InChI is InChI=1S/C20H20ClFN4/c1-24-19(25-12-15-9-14(11-23)5-6-18(15)22)26-13-20(7-8-20)16-3-2-4-17(21)10-16/h2-6,9-10H,7-8,12-13H2,1H3,(H2,24,25,26). The quantitative estimate of drug-likeness (QED) is 0.622. The highest BCUT2D eigenvalue weighted by Crippen LogP contribution is 2.48. The summed E-state index contributed by atoms with van der Waals surface area (Å²) in [5.74, 6) is 0.254. The Balaban J connectivity index is 1.60. The van der Waals surface area contributed by atoms with Gasteiger partial charge in [0.1, 0.15) is 5.82 Å². The summed E-state index contributed by atoms with van der Waals surface area (Å²) < 4.78 is 13.9. The van der Waals surface area contributed by atoms with Gasteiger partial charge in [0.05, 0.1) is 11.6 Å². The number of hydrogen-bond acceptors (Lipinski definition) is 2. The normalized spacial score (nSPS) is 15.2. The number of halogens is 2. The summed E-state index contributed by atoms with van der Waals surface area (Å²) >= 11 is 6.11. The Morgan fingerprint density at radius 2 is 2.08 bits per heavy atom. The molecule has 0 spiro atoms. The molecule has 0 aliphatic heterocycles. The first-order valence-corrected chi connectivity index (χ1v) is 8.83. The van der Waals surface area contributed by atoms with Gasteiger partial charge in [-0.25, -0.2) is 4.39 Å².